The fourth-order valence-electron chi connectivity index (χ4n) is 2.38. The van der Waals surface area contributed by atoms with Crippen molar-refractivity contribution in [1.82, 2.24) is 9.97 Å². The number of nitrogens with zero attached hydrogens (tertiary/aromatic N) is 1. The first-order valence-electron chi connectivity index (χ1n) is 7.09. The van der Waals surface area contributed by atoms with Gasteiger partial charge in [-0.2, -0.15) is 0 Å². The van der Waals surface area contributed by atoms with Crippen molar-refractivity contribution in [1.29, 1.82) is 0 Å². The van der Waals surface area contributed by atoms with E-state index in [1.165, 1.54) is 6.07 Å². The predicted octanol–water partition coefficient (Wildman–Crippen LogP) is 3.41. The topological polar surface area (TPSA) is 72.0 Å². The molecule has 124 valence electrons. The Labute approximate surface area is 138 Å². The second kappa shape index (κ2) is 6.12. The first-order chi connectivity index (χ1) is 11.4. The van der Waals surface area contributed by atoms with E-state index in [2.05, 4.69) is 9.97 Å². The fraction of sp³-hybridized carbons (Fsp3) is 0.188. The molecule has 24 heavy (non-hydrogen) atoms. The summed E-state index contributed by atoms with van der Waals surface area (Å²) in [5, 5.41) is 0.212. The molecular formula is C16H12F2N2O3S. The lowest BCUT2D eigenvalue weighted by atomic mass is 10.1. The molecule has 0 aliphatic rings. The van der Waals surface area contributed by atoms with Gasteiger partial charge in [0, 0.05) is 0 Å². The summed E-state index contributed by atoms with van der Waals surface area (Å²) >= 11 is 0.956. The van der Waals surface area contributed by atoms with E-state index in [4.69, 9.17) is 4.74 Å². The number of aromatic amines is 1. The van der Waals surface area contributed by atoms with Crippen LogP contribution in [0.5, 0.6) is 0 Å². The molecule has 0 saturated carbocycles. The van der Waals surface area contributed by atoms with Gasteiger partial charge in [-0.15, -0.1) is 11.3 Å². The molecule has 0 aliphatic carbocycles. The lowest BCUT2D eigenvalue weighted by Gasteiger charge is -2.04. The van der Waals surface area contributed by atoms with Gasteiger partial charge >= 0.3 is 5.97 Å². The molecule has 0 fully saturated rings. The minimum Gasteiger partial charge on any atom is -0.462 e. The number of esters is 1. The zero-order valence-electron chi connectivity index (χ0n) is 12.8. The number of thiophene rings is 1. The van der Waals surface area contributed by atoms with Crippen molar-refractivity contribution >= 4 is 27.5 Å². The van der Waals surface area contributed by atoms with Crippen molar-refractivity contribution in [3.05, 3.63) is 50.6 Å². The number of rotatable bonds is 3. The van der Waals surface area contributed by atoms with Crippen LogP contribution in [0, 0.1) is 18.6 Å². The van der Waals surface area contributed by atoms with Gasteiger partial charge in [-0.3, -0.25) is 4.79 Å². The molecule has 5 nitrogen and oxygen atoms in total. The van der Waals surface area contributed by atoms with Crippen LogP contribution in [0.1, 0.15) is 22.2 Å². The number of benzene rings is 1. The van der Waals surface area contributed by atoms with Crippen molar-refractivity contribution in [2.75, 3.05) is 6.61 Å². The smallest absolute Gasteiger partial charge is 0.348 e. The molecule has 1 N–H and O–H groups in total. The van der Waals surface area contributed by atoms with E-state index in [9.17, 15) is 18.4 Å². The van der Waals surface area contributed by atoms with Crippen LogP contribution < -0.4 is 5.56 Å². The summed E-state index contributed by atoms with van der Waals surface area (Å²) in [6.45, 7) is 3.47. The number of nitrogens with one attached hydrogen (secondary N) is 1. The maximum absolute atomic E-state index is 13.9. The van der Waals surface area contributed by atoms with Gasteiger partial charge in [-0.25, -0.2) is 18.6 Å². The Morgan fingerprint density at radius 3 is 2.62 bits per heavy atom. The van der Waals surface area contributed by atoms with E-state index >= 15 is 0 Å². The van der Waals surface area contributed by atoms with E-state index in [1.54, 1.807) is 13.8 Å². The minimum atomic E-state index is -0.837. The van der Waals surface area contributed by atoms with Gasteiger partial charge < -0.3 is 9.72 Å². The largest absolute Gasteiger partial charge is 0.462 e. The first kappa shape index (κ1) is 16.3. The molecule has 0 bridgehead atoms. The van der Waals surface area contributed by atoms with Gasteiger partial charge in [-0.1, -0.05) is 6.07 Å². The summed E-state index contributed by atoms with van der Waals surface area (Å²) in [5.74, 6) is -2.46. The van der Waals surface area contributed by atoms with Crippen LogP contribution in [0.4, 0.5) is 8.78 Å². The molecule has 0 unspecified atom stereocenters. The number of halogens is 2. The van der Waals surface area contributed by atoms with Crippen LogP contribution >= 0.6 is 11.3 Å². The molecule has 0 amide bonds. The lowest BCUT2D eigenvalue weighted by Crippen LogP contribution is -2.11. The van der Waals surface area contributed by atoms with E-state index in [0.717, 1.165) is 23.5 Å². The zero-order valence-corrected chi connectivity index (χ0v) is 13.6. The van der Waals surface area contributed by atoms with Crippen LogP contribution in [-0.4, -0.2) is 22.5 Å². The third kappa shape index (κ3) is 2.58. The molecule has 0 radical (unpaired) electrons. The Bertz CT molecular complexity index is 990. The molecule has 0 aliphatic heterocycles. The van der Waals surface area contributed by atoms with Crippen molar-refractivity contribution in [2.24, 2.45) is 0 Å². The third-order valence-corrected chi connectivity index (χ3v) is 4.63. The number of carbonyl (C=O) groups excluding carboxylic acids is 1. The Morgan fingerprint density at radius 1 is 1.33 bits per heavy atom. The van der Waals surface area contributed by atoms with Gasteiger partial charge in [0.05, 0.1) is 17.6 Å². The van der Waals surface area contributed by atoms with E-state index < -0.39 is 28.7 Å². The summed E-state index contributed by atoms with van der Waals surface area (Å²) in [4.78, 5) is 31.2. The van der Waals surface area contributed by atoms with E-state index in [0.29, 0.717) is 5.56 Å². The molecule has 0 saturated heterocycles. The minimum absolute atomic E-state index is 0.196. The number of ether oxygens (including phenoxy) is 1. The maximum Gasteiger partial charge on any atom is 0.348 e. The molecule has 1 aromatic carbocycles. The Morgan fingerprint density at radius 2 is 2.00 bits per heavy atom. The zero-order chi connectivity index (χ0) is 17.4. The number of carbonyl (C=O) groups is 1. The molecule has 3 aromatic rings. The third-order valence-electron chi connectivity index (χ3n) is 3.46. The molecule has 2 heterocycles. The average Bonchev–Trinajstić information content (AvgIpc) is 2.85. The van der Waals surface area contributed by atoms with Crippen molar-refractivity contribution < 1.29 is 18.3 Å². The summed E-state index contributed by atoms with van der Waals surface area (Å²) in [7, 11) is 0. The first-order valence-corrected chi connectivity index (χ1v) is 7.90. The van der Waals surface area contributed by atoms with E-state index in [1.807, 2.05) is 0 Å². The monoisotopic (exact) mass is 350 g/mol. The van der Waals surface area contributed by atoms with Crippen LogP contribution in [-0.2, 0) is 4.74 Å². The van der Waals surface area contributed by atoms with Gasteiger partial charge in [-0.05, 0) is 31.5 Å². The number of H-pyrrole nitrogens is 1. The van der Waals surface area contributed by atoms with Crippen LogP contribution in [0.25, 0.3) is 21.6 Å². The molecule has 2 aromatic heterocycles. The highest BCUT2D eigenvalue weighted by atomic mass is 32.1. The molecule has 3 rings (SSSR count). The normalized spacial score (nSPS) is 11.0. The van der Waals surface area contributed by atoms with Gasteiger partial charge in [0.25, 0.3) is 5.56 Å². The van der Waals surface area contributed by atoms with Crippen LogP contribution in [0.15, 0.2) is 23.0 Å². The lowest BCUT2D eigenvalue weighted by molar-refractivity contribution is 0.0531. The SMILES string of the molecule is CCOC(=O)c1sc2nc(-c3c(F)cccc3F)[nH]c(=O)c2c1C. The standard InChI is InChI=1S/C16H12F2N2O3S/c1-3-23-16(22)12-7(2)10-14(21)19-13(20-15(10)24-12)11-8(17)5-4-6-9(11)18/h4-6H,3H2,1-2H3,(H,19,20,21). The Kier molecular flexibility index (Phi) is 4.15. The van der Waals surface area contributed by atoms with Crippen molar-refractivity contribution in [2.45, 2.75) is 13.8 Å². The van der Waals surface area contributed by atoms with Gasteiger partial charge in [0.2, 0.25) is 0 Å². The Hall–Kier alpha value is -2.61. The predicted molar refractivity (Wildman–Crippen MR) is 86.3 cm³/mol. The molecule has 0 atom stereocenters. The number of aryl methyl sites for hydroxylation is 1. The summed E-state index contributed by atoms with van der Waals surface area (Å²) in [5.41, 5.74) is -0.551. The quantitative estimate of drug-likeness (QED) is 0.735. The molecular weight excluding hydrogens is 338 g/mol. The van der Waals surface area contributed by atoms with Crippen molar-refractivity contribution in [3.8, 4) is 11.4 Å². The Balaban J connectivity index is 2.25. The number of fused-ring (bicyclic) bond motifs is 1. The summed E-state index contributed by atoms with van der Waals surface area (Å²) in [6.07, 6.45) is 0. The highest BCUT2D eigenvalue weighted by Gasteiger charge is 2.22. The number of aromatic nitrogens is 2. The van der Waals surface area contributed by atoms with Crippen molar-refractivity contribution in [3.63, 3.8) is 0 Å². The summed E-state index contributed by atoms with van der Waals surface area (Å²) < 4.78 is 32.8. The summed E-state index contributed by atoms with van der Waals surface area (Å²) in [6, 6.07) is 3.37. The number of hydrogen-bond donors (Lipinski definition) is 1. The maximum atomic E-state index is 13.9. The highest BCUT2D eigenvalue weighted by Crippen LogP contribution is 2.30. The molecule has 0 spiro atoms. The van der Waals surface area contributed by atoms with Crippen LogP contribution in [0.2, 0.25) is 0 Å². The second-order valence-corrected chi connectivity index (χ2v) is 5.97. The van der Waals surface area contributed by atoms with Crippen LogP contribution in [0.3, 0.4) is 0 Å². The van der Waals surface area contributed by atoms with Gasteiger partial charge in [0.15, 0.2) is 0 Å². The second-order valence-electron chi connectivity index (χ2n) is 4.97. The fourth-order valence-corrected chi connectivity index (χ4v) is 3.45. The van der Waals surface area contributed by atoms with E-state index in [-0.39, 0.29) is 27.5 Å². The number of hydrogen-bond acceptors (Lipinski definition) is 5. The highest BCUT2D eigenvalue weighted by molar-refractivity contribution is 7.20. The molecule has 8 heteroatoms. The average molecular weight is 350 g/mol. The van der Waals surface area contributed by atoms with Gasteiger partial charge in [0.1, 0.15) is 27.2 Å².